The average molecular weight is 359 g/mol. The Balaban J connectivity index is 1.44. The van der Waals surface area contributed by atoms with Crippen LogP contribution >= 0.6 is 0 Å². The van der Waals surface area contributed by atoms with Crippen LogP contribution in [0.3, 0.4) is 0 Å². The van der Waals surface area contributed by atoms with Gasteiger partial charge >= 0.3 is 0 Å². The molecule has 5 nitrogen and oxygen atoms in total. The topological polar surface area (TPSA) is 43.8 Å². The Morgan fingerprint density at radius 1 is 0.926 bits per heavy atom. The SMILES string of the molecule is C/C(=N/Nc1ccc2ccccc2n1)c1ccc(N2CCN(C)CC2)cc1. The van der Waals surface area contributed by atoms with Crippen LogP contribution in [0.1, 0.15) is 12.5 Å². The van der Waals surface area contributed by atoms with Crippen molar-refractivity contribution in [3.8, 4) is 0 Å². The number of likely N-dealkylation sites (N-methyl/N-ethyl adjacent to an activating group) is 1. The molecule has 1 aliphatic rings. The van der Waals surface area contributed by atoms with Gasteiger partial charge in [-0.1, -0.05) is 30.3 Å². The third-order valence-electron chi connectivity index (χ3n) is 5.09. The number of pyridine rings is 1. The molecular formula is C22H25N5. The van der Waals surface area contributed by atoms with Crippen molar-refractivity contribution >= 4 is 28.1 Å². The summed E-state index contributed by atoms with van der Waals surface area (Å²) in [6.45, 7) is 6.41. The normalized spacial score (nSPS) is 15.9. The summed E-state index contributed by atoms with van der Waals surface area (Å²) < 4.78 is 0. The number of nitrogens with zero attached hydrogens (tertiary/aromatic N) is 4. The van der Waals surface area contributed by atoms with E-state index < -0.39 is 0 Å². The Morgan fingerprint density at radius 2 is 1.67 bits per heavy atom. The fourth-order valence-electron chi connectivity index (χ4n) is 3.31. The maximum Gasteiger partial charge on any atom is 0.146 e. The summed E-state index contributed by atoms with van der Waals surface area (Å²) in [4.78, 5) is 9.40. The van der Waals surface area contributed by atoms with E-state index in [1.54, 1.807) is 0 Å². The number of hydrazone groups is 1. The van der Waals surface area contributed by atoms with Gasteiger partial charge in [-0.25, -0.2) is 4.98 Å². The molecule has 0 unspecified atom stereocenters. The van der Waals surface area contributed by atoms with Gasteiger partial charge in [0, 0.05) is 37.3 Å². The van der Waals surface area contributed by atoms with Gasteiger partial charge in [0.1, 0.15) is 5.82 Å². The second-order valence-corrected chi connectivity index (χ2v) is 7.04. The van der Waals surface area contributed by atoms with Crippen LogP contribution in [0.4, 0.5) is 11.5 Å². The van der Waals surface area contributed by atoms with Gasteiger partial charge in [-0.15, -0.1) is 0 Å². The average Bonchev–Trinajstić information content (AvgIpc) is 2.72. The molecule has 2 aromatic carbocycles. The van der Waals surface area contributed by atoms with Crippen LogP contribution in [0, 0.1) is 0 Å². The summed E-state index contributed by atoms with van der Waals surface area (Å²) in [6.07, 6.45) is 0. The quantitative estimate of drug-likeness (QED) is 0.568. The molecule has 5 heteroatoms. The number of hydrogen-bond donors (Lipinski definition) is 1. The van der Waals surface area contributed by atoms with E-state index in [0.29, 0.717) is 0 Å². The minimum atomic E-state index is 0.752. The predicted octanol–water partition coefficient (Wildman–Crippen LogP) is 3.82. The summed E-state index contributed by atoms with van der Waals surface area (Å²) in [5.41, 5.74) is 7.38. The minimum absolute atomic E-state index is 0.752. The maximum atomic E-state index is 4.59. The number of aromatic nitrogens is 1. The van der Waals surface area contributed by atoms with E-state index in [9.17, 15) is 0 Å². The number of anilines is 2. The van der Waals surface area contributed by atoms with Crippen molar-refractivity contribution in [2.45, 2.75) is 6.92 Å². The Kier molecular flexibility index (Phi) is 5.03. The molecule has 4 rings (SSSR count). The molecule has 1 N–H and O–H groups in total. The summed E-state index contributed by atoms with van der Waals surface area (Å²) in [6, 6.07) is 20.7. The minimum Gasteiger partial charge on any atom is -0.369 e. The molecule has 1 fully saturated rings. The molecular weight excluding hydrogens is 334 g/mol. The first kappa shape index (κ1) is 17.5. The smallest absolute Gasteiger partial charge is 0.146 e. The largest absolute Gasteiger partial charge is 0.369 e. The van der Waals surface area contributed by atoms with Crippen LogP contribution < -0.4 is 10.3 Å². The first-order valence-electron chi connectivity index (χ1n) is 9.39. The lowest BCUT2D eigenvalue weighted by atomic mass is 10.1. The molecule has 1 aromatic heterocycles. The van der Waals surface area contributed by atoms with Crippen molar-refractivity contribution in [2.75, 3.05) is 43.6 Å². The molecule has 1 aliphatic heterocycles. The van der Waals surface area contributed by atoms with Gasteiger partial charge in [0.15, 0.2) is 0 Å². The molecule has 0 radical (unpaired) electrons. The van der Waals surface area contributed by atoms with Crippen molar-refractivity contribution in [2.24, 2.45) is 5.10 Å². The summed E-state index contributed by atoms with van der Waals surface area (Å²) in [5, 5.41) is 5.64. The highest BCUT2D eigenvalue weighted by Gasteiger charge is 2.14. The Hall–Kier alpha value is -2.92. The van der Waals surface area contributed by atoms with Crippen LogP contribution in [0.15, 0.2) is 65.8 Å². The zero-order valence-corrected chi connectivity index (χ0v) is 15.9. The second kappa shape index (κ2) is 7.76. The molecule has 2 heterocycles. The highest BCUT2D eigenvalue weighted by atomic mass is 15.3. The number of nitrogens with one attached hydrogen (secondary N) is 1. The number of piperazine rings is 1. The van der Waals surface area contributed by atoms with Gasteiger partial charge in [-0.2, -0.15) is 5.10 Å². The van der Waals surface area contributed by atoms with Crippen LogP contribution in [-0.4, -0.2) is 48.8 Å². The lowest BCUT2D eigenvalue weighted by Gasteiger charge is -2.34. The zero-order valence-electron chi connectivity index (χ0n) is 15.9. The summed E-state index contributed by atoms with van der Waals surface area (Å²) >= 11 is 0. The Labute approximate surface area is 160 Å². The van der Waals surface area contributed by atoms with Crippen LogP contribution in [0.5, 0.6) is 0 Å². The number of rotatable bonds is 4. The first-order valence-corrected chi connectivity index (χ1v) is 9.39. The van der Waals surface area contributed by atoms with E-state index in [-0.39, 0.29) is 0 Å². The van der Waals surface area contributed by atoms with E-state index in [1.807, 2.05) is 31.2 Å². The highest BCUT2D eigenvalue weighted by Crippen LogP contribution is 2.18. The van der Waals surface area contributed by atoms with Crippen LogP contribution in [0.2, 0.25) is 0 Å². The van der Waals surface area contributed by atoms with Crippen molar-refractivity contribution < 1.29 is 0 Å². The third kappa shape index (κ3) is 4.09. The first-order chi connectivity index (χ1) is 13.2. The van der Waals surface area contributed by atoms with Gasteiger partial charge in [-0.05, 0) is 49.9 Å². The molecule has 27 heavy (non-hydrogen) atoms. The van der Waals surface area contributed by atoms with Crippen molar-refractivity contribution in [1.82, 2.24) is 9.88 Å². The van der Waals surface area contributed by atoms with E-state index in [1.165, 1.54) is 5.69 Å². The molecule has 0 saturated carbocycles. The monoisotopic (exact) mass is 359 g/mol. The molecule has 1 saturated heterocycles. The maximum absolute atomic E-state index is 4.59. The van der Waals surface area contributed by atoms with Gasteiger partial charge in [0.2, 0.25) is 0 Å². The van der Waals surface area contributed by atoms with Crippen LogP contribution in [0.25, 0.3) is 10.9 Å². The van der Waals surface area contributed by atoms with E-state index in [4.69, 9.17) is 0 Å². The van der Waals surface area contributed by atoms with Crippen LogP contribution in [-0.2, 0) is 0 Å². The predicted molar refractivity (Wildman–Crippen MR) is 114 cm³/mol. The zero-order chi connectivity index (χ0) is 18.6. The summed E-state index contributed by atoms with van der Waals surface area (Å²) in [7, 11) is 2.18. The lowest BCUT2D eigenvalue weighted by molar-refractivity contribution is 0.313. The van der Waals surface area contributed by atoms with E-state index in [2.05, 4.69) is 68.8 Å². The van der Waals surface area contributed by atoms with Crippen molar-refractivity contribution in [3.05, 3.63) is 66.2 Å². The fourth-order valence-corrected chi connectivity index (χ4v) is 3.31. The Morgan fingerprint density at radius 3 is 2.44 bits per heavy atom. The molecule has 0 spiro atoms. The number of fused-ring (bicyclic) bond motifs is 1. The molecule has 0 atom stereocenters. The summed E-state index contributed by atoms with van der Waals surface area (Å²) in [5.74, 6) is 0.752. The highest BCUT2D eigenvalue weighted by molar-refractivity contribution is 5.99. The Bertz CT molecular complexity index is 940. The van der Waals surface area contributed by atoms with Gasteiger partial charge in [0.25, 0.3) is 0 Å². The van der Waals surface area contributed by atoms with E-state index >= 15 is 0 Å². The van der Waals surface area contributed by atoms with Gasteiger partial charge in [-0.3, -0.25) is 5.43 Å². The molecule has 0 amide bonds. The van der Waals surface area contributed by atoms with Gasteiger partial charge < -0.3 is 9.80 Å². The van der Waals surface area contributed by atoms with Crippen molar-refractivity contribution in [3.63, 3.8) is 0 Å². The van der Waals surface area contributed by atoms with Gasteiger partial charge in [0.05, 0.1) is 11.2 Å². The lowest BCUT2D eigenvalue weighted by Crippen LogP contribution is -2.44. The number of benzene rings is 2. The van der Waals surface area contributed by atoms with Crippen molar-refractivity contribution in [1.29, 1.82) is 0 Å². The third-order valence-corrected chi connectivity index (χ3v) is 5.09. The second-order valence-electron chi connectivity index (χ2n) is 7.04. The molecule has 0 bridgehead atoms. The molecule has 138 valence electrons. The standard InChI is InChI=1S/C22H25N5/c1-17(24-25-22-12-9-19-5-3-4-6-21(19)23-22)18-7-10-20(11-8-18)27-15-13-26(2)14-16-27/h3-12H,13-16H2,1-2H3,(H,23,25)/b24-17-. The number of para-hydroxylation sites is 1. The fraction of sp³-hybridized carbons (Fsp3) is 0.273. The molecule has 3 aromatic rings. The van der Waals surface area contributed by atoms with E-state index in [0.717, 1.165) is 54.2 Å². The molecule has 0 aliphatic carbocycles. The number of hydrogen-bond acceptors (Lipinski definition) is 5.